The van der Waals surface area contributed by atoms with Crippen LogP contribution in [0.2, 0.25) is 0 Å². The zero-order valence-electron chi connectivity index (χ0n) is 16.1. The van der Waals surface area contributed by atoms with E-state index in [0.29, 0.717) is 31.8 Å². The molecule has 1 aromatic rings. The monoisotopic (exact) mass is 345 g/mol. The number of aryl methyl sites for hydroxylation is 1. The maximum Gasteiger partial charge on any atom is 0.317 e. The predicted octanol–water partition coefficient (Wildman–Crippen LogP) is 3.89. The zero-order chi connectivity index (χ0) is 18.6. The van der Waals surface area contributed by atoms with Crippen LogP contribution in [0, 0.1) is 12.8 Å². The number of nitrogens with zero attached hydrogens (tertiary/aromatic N) is 1. The van der Waals surface area contributed by atoms with E-state index in [0.717, 1.165) is 11.3 Å². The SMILES string of the molecule is Cc1cccc(C(C)C)c1NC(=O)C1CCN(C(=O)NC(C)C)CC1. The summed E-state index contributed by atoms with van der Waals surface area (Å²) < 4.78 is 0. The first-order valence-electron chi connectivity index (χ1n) is 9.25. The number of hydrogen-bond acceptors (Lipinski definition) is 2. The van der Waals surface area contributed by atoms with E-state index in [1.807, 2.05) is 32.9 Å². The summed E-state index contributed by atoms with van der Waals surface area (Å²) in [6.07, 6.45) is 1.42. The van der Waals surface area contributed by atoms with Gasteiger partial charge < -0.3 is 15.5 Å². The van der Waals surface area contributed by atoms with E-state index < -0.39 is 0 Å². The van der Waals surface area contributed by atoms with Gasteiger partial charge in [0, 0.05) is 30.7 Å². The van der Waals surface area contributed by atoms with Crippen LogP contribution in [-0.4, -0.2) is 36.0 Å². The summed E-state index contributed by atoms with van der Waals surface area (Å²) in [6, 6.07) is 6.23. The fourth-order valence-electron chi connectivity index (χ4n) is 3.25. The molecule has 5 nitrogen and oxygen atoms in total. The van der Waals surface area contributed by atoms with Gasteiger partial charge in [0.25, 0.3) is 0 Å². The van der Waals surface area contributed by atoms with Crippen molar-refractivity contribution in [1.82, 2.24) is 10.2 Å². The summed E-state index contributed by atoms with van der Waals surface area (Å²) in [5, 5.41) is 6.06. The molecule has 138 valence electrons. The standard InChI is InChI=1S/C20H31N3O2/c1-13(2)17-8-6-7-15(5)18(17)22-19(24)16-9-11-23(12-10-16)20(25)21-14(3)4/h6-8,13-14,16H,9-12H2,1-5H3,(H,21,25)(H,22,24). The van der Waals surface area contributed by atoms with Gasteiger partial charge in [-0.05, 0) is 50.7 Å². The lowest BCUT2D eigenvalue weighted by atomic mass is 9.94. The van der Waals surface area contributed by atoms with Gasteiger partial charge in [-0.1, -0.05) is 32.0 Å². The van der Waals surface area contributed by atoms with Crippen LogP contribution in [0.4, 0.5) is 10.5 Å². The van der Waals surface area contributed by atoms with E-state index in [9.17, 15) is 9.59 Å². The third-order valence-corrected chi connectivity index (χ3v) is 4.74. The Bertz CT molecular complexity index is 617. The number of hydrogen-bond donors (Lipinski definition) is 2. The number of benzene rings is 1. The molecule has 0 saturated carbocycles. The molecule has 1 aromatic carbocycles. The summed E-state index contributed by atoms with van der Waals surface area (Å²) in [7, 11) is 0. The molecule has 2 N–H and O–H groups in total. The number of likely N-dealkylation sites (tertiary alicyclic amines) is 1. The van der Waals surface area contributed by atoms with Crippen molar-refractivity contribution in [3.63, 3.8) is 0 Å². The third-order valence-electron chi connectivity index (χ3n) is 4.74. The Morgan fingerprint density at radius 3 is 2.32 bits per heavy atom. The predicted molar refractivity (Wildman–Crippen MR) is 102 cm³/mol. The van der Waals surface area contributed by atoms with Crippen molar-refractivity contribution in [3.8, 4) is 0 Å². The van der Waals surface area contributed by atoms with Crippen molar-refractivity contribution in [2.24, 2.45) is 5.92 Å². The van der Waals surface area contributed by atoms with Crippen molar-refractivity contribution in [2.75, 3.05) is 18.4 Å². The average Bonchev–Trinajstić information content (AvgIpc) is 2.55. The molecule has 1 aliphatic heterocycles. The maximum absolute atomic E-state index is 12.7. The molecule has 2 rings (SSSR count). The Balaban J connectivity index is 1.97. The number of rotatable bonds is 4. The minimum absolute atomic E-state index is 0.0325. The van der Waals surface area contributed by atoms with Gasteiger partial charge in [0.1, 0.15) is 0 Å². The van der Waals surface area contributed by atoms with Crippen LogP contribution in [0.15, 0.2) is 18.2 Å². The molecular formula is C20H31N3O2. The van der Waals surface area contributed by atoms with Gasteiger partial charge in [0.2, 0.25) is 5.91 Å². The first-order chi connectivity index (χ1) is 11.8. The van der Waals surface area contributed by atoms with E-state index in [1.165, 1.54) is 5.56 Å². The van der Waals surface area contributed by atoms with Crippen molar-refractivity contribution in [2.45, 2.75) is 59.4 Å². The Morgan fingerprint density at radius 2 is 1.76 bits per heavy atom. The van der Waals surface area contributed by atoms with Gasteiger partial charge >= 0.3 is 6.03 Å². The summed E-state index contributed by atoms with van der Waals surface area (Å²) in [4.78, 5) is 26.6. The highest BCUT2D eigenvalue weighted by Gasteiger charge is 2.28. The fraction of sp³-hybridized carbons (Fsp3) is 0.600. The summed E-state index contributed by atoms with van der Waals surface area (Å²) in [5.41, 5.74) is 3.21. The molecule has 3 amide bonds. The molecular weight excluding hydrogens is 314 g/mol. The summed E-state index contributed by atoms with van der Waals surface area (Å²) >= 11 is 0. The van der Waals surface area contributed by atoms with Crippen LogP contribution in [0.3, 0.4) is 0 Å². The molecule has 0 radical (unpaired) electrons. The normalized spacial score (nSPS) is 15.6. The van der Waals surface area contributed by atoms with Crippen molar-refractivity contribution >= 4 is 17.6 Å². The van der Waals surface area contributed by atoms with Crippen molar-refractivity contribution in [3.05, 3.63) is 29.3 Å². The second kappa shape index (κ2) is 8.37. The molecule has 0 aliphatic carbocycles. The van der Waals surface area contributed by atoms with Gasteiger partial charge in [-0.25, -0.2) is 4.79 Å². The number of para-hydroxylation sites is 1. The highest BCUT2D eigenvalue weighted by Crippen LogP contribution is 2.29. The van der Waals surface area contributed by atoms with E-state index >= 15 is 0 Å². The molecule has 25 heavy (non-hydrogen) atoms. The number of carbonyl (C=O) groups is 2. The second-order valence-electron chi connectivity index (χ2n) is 7.55. The molecule has 0 atom stereocenters. The van der Waals surface area contributed by atoms with Crippen LogP contribution < -0.4 is 10.6 Å². The molecule has 1 aliphatic rings. The van der Waals surface area contributed by atoms with Crippen LogP contribution in [-0.2, 0) is 4.79 Å². The maximum atomic E-state index is 12.7. The molecule has 0 aromatic heterocycles. The number of piperidine rings is 1. The van der Waals surface area contributed by atoms with Gasteiger partial charge in [-0.3, -0.25) is 4.79 Å². The molecule has 1 saturated heterocycles. The minimum Gasteiger partial charge on any atom is -0.336 e. The van der Waals surface area contributed by atoms with E-state index in [2.05, 4.69) is 30.5 Å². The highest BCUT2D eigenvalue weighted by atomic mass is 16.2. The number of urea groups is 1. The largest absolute Gasteiger partial charge is 0.336 e. The first-order valence-corrected chi connectivity index (χ1v) is 9.25. The highest BCUT2D eigenvalue weighted by molar-refractivity contribution is 5.94. The minimum atomic E-state index is -0.0391. The van der Waals surface area contributed by atoms with Gasteiger partial charge in [0.05, 0.1) is 0 Å². The lowest BCUT2D eigenvalue weighted by Gasteiger charge is -2.32. The Labute approximate surface area is 151 Å². The van der Waals surface area contributed by atoms with Gasteiger partial charge in [0.15, 0.2) is 0 Å². The van der Waals surface area contributed by atoms with Gasteiger partial charge in [-0.2, -0.15) is 0 Å². The number of carbonyl (C=O) groups excluding carboxylic acids is 2. The van der Waals surface area contributed by atoms with Crippen LogP contribution in [0.5, 0.6) is 0 Å². The topological polar surface area (TPSA) is 61.4 Å². The molecule has 5 heteroatoms. The van der Waals surface area contributed by atoms with Crippen LogP contribution in [0.1, 0.15) is 57.6 Å². The van der Waals surface area contributed by atoms with Crippen LogP contribution in [0.25, 0.3) is 0 Å². The molecule has 1 fully saturated rings. The van der Waals surface area contributed by atoms with Gasteiger partial charge in [-0.15, -0.1) is 0 Å². The quantitative estimate of drug-likeness (QED) is 0.870. The number of amides is 3. The van der Waals surface area contributed by atoms with Crippen LogP contribution >= 0.6 is 0 Å². The summed E-state index contributed by atoms with van der Waals surface area (Å²) in [6.45, 7) is 11.5. The Hall–Kier alpha value is -2.04. The second-order valence-corrected chi connectivity index (χ2v) is 7.55. The summed E-state index contributed by atoms with van der Waals surface area (Å²) in [5.74, 6) is 0.389. The third kappa shape index (κ3) is 4.97. The lowest BCUT2D eigenvalue weighted by molar-refractivity contribution is -0.121. The fourth-order valence-corrected chi connectivity index (χ4v) is 3.25. The Kier molecular flexibility index (Phi) is 6.45. The molecule has 0 bridgehead atoms. The molecule has 0 spiro atoms. The van der Waals surface area contributed by atoms with E-state index in [-0.39, 0.29) is 23.9 Å². The van der Waals surface area contributed by atoms with E-state index in [4.69, 9.17) is 0 Å². The molecule has 0 unspecified atom stereocenters. The van der Waals surface area contributed by atoms with Crippen molar-refractivity contribution in [1.29, 1.82) is 0 Å². The smallest absolute Gasteiger partial charge is 0.317 e. The van der Waals surface area contributed by atoms with E-state index in [1.54, 1.807) is 4.90 Å². The average molecular weight is 345 g/mol. The Morgan fingerprint density at radius 1 is 1.12 bits per heavy atom. The number of nitrogens with one attached hydrogen (secondary N) is 2. The first kappa shape index (κ1) is 19.3. The zero-order valence-corrected chi connectivity index (χ0v) is 16.1. The lowest BCUT2D eigenvalue weighted by Crippen LogP contribution is -2.47. The van der Waals surface area contributed by atoms with Crippen molar-refractivity contribution < 1.29 is 9.59 Å². The number of anilines is 1. The molecule has 1 heterocycles.